The summed E-state index contributed by atoms with van der Waals surface area (Å²) in [5, 5.41) is 3.44. The van der Waals surface area contributed by atoms with Crippen molar-refractivity contribution in [3.8, 4) is 0 Å². The van der Waals surface area contributed by atoms with Crippen molar-refractivity contribution in [3.05, 3.63) is 57.2 Å². The molecule has 0 aliphatic carbocycles. The van der Waals surface area contributed by atoms with E-state index in [4.69, 9.17) is 17.3 Å². The van der Waals surface area contributed by atoms with Crippen LogP contribution < -0.4 is 11.1 Å². The summed E-state index contributed by atoms with van der Waals surface area (Å²) in [7, 11) is 0. The highest BCUT2D eigenvalue weighted by molar-refractivity contribution is 7.16. The first-order chi connectivity index (χ1) is 8.29. The van der Waals surface area contributed by atoms with E-state index in [2.05, 4.69) is 17.4 Å². The second-order valence-electron chi connectivity index (χ2n) is 3.80. The molecule has 4 heteroatoms. The summed E-state index contributed by atoms with van der Waals surface area (Å²) in [5.41, 5.74) is 7.04. The highest BCUT2D eigenvalue weighted by atomic mass is 35.5. The summed E-state index contributed by atoms with van der Waals surface area (Å²) in [5.74, 6) is 0. The van der Waals surface area contributed by atoms with Crippen molar-refractivity contribution >= 4 is 22.9 Å². The fraction of sp³-hybridized carbons (Fsp3) is 0.231. The van der Waals surface area contributed by atoms with Crippen molar-refractivity contribution in [2.45, 2.75) is 12.6 Å². The SMILES string of the molecule is NCC(NCc1ccccc1)c1ccc(Cl)s1. The van der Waals surface area contributed by atoms with Crippen LogP contribution in [0.3, 0.4) is 0 Å². The van der Waals surface area contributed by atoms with Gasteiger partial charge in [0.2, 0.25) is 0 Å². The van der Waals surface area contributed by atoms with Gasteiger partial charge in [0.25, 0.3) is 0 Å². The number of rotatable bonds is 5. The summed E-state index contributed by atoms with van der Waals surface area (Å²) in [4.78, 5) is 1.19. The average Bonchev–Trinajstić information content (AvgIpc) is 2.78. The zero-order valence-corrected chi connectivity index (χ0v) is 11.0. The molecule has 17 heavy (non-hydrogen) atoms. The van der Waals surface area contributed by atoms with Gasteiger partial charge in [0, 0.05) is 18.0 Å². The molecule has 1 unspecified atom stereocenters. The van der Waals surface area contributed by atoms with E-state index in [1.54, 1.807) is 11.3 Å². The third-order valence-electron chi connectivity index (χ3n) is 2.57. The molecule has 1 atom stereocenters. The minimum atomic E-state index is 0.174. The van der Waals surface area contributed by atoms with Crippen molar-refractivity contribution in [2.75, 3.05) is 6.54 Å². The van der Waals surface area contributed by atoms with Crippen molar-refractivity contribution in [1.29, 1.82) is 0 Å². The standard InChI is InChI=1S/C13H15ClN2S/c14-13-7-6-12(17-13)11(8-15)16-9-10-4-2-1-3-5-10/h1-7,11,16H,8-9,15H2. The van der Waals surface area contributed by atoms with Crippen LogP contribution in [0.2, 0.25) is 4.34 Å². The van der Waals surface area contributed by atoms with Crippen LogP contribution in [0.1, 0.15) is 16.5 Å². The lowest BCUT2D eigenvalue weighted by Gasteiger charge is -2.15. The Morgan fingerprint density at radius 2 is 1.94 bits per heavy atom. The van der Waals surface area contributed by atoms with Gasteiger partial charge in [-0.1, -0.05) is 41.9 Å². The van der Waals surface area contributed by atoms with E-state index < -0.39 is 0 Å². The molecule has 3 N–H and O–H groups in total. The molecular weight excluding hydrogens is 252 g/mol. The van der Waals surface area contributed by atoms with E-state index in [1.807, 2.05) is 30.3 Å². The summed E-state index contributed by atoms with van der Waals surface area (Å²) >= 11 is 7.51. The molecule has 0 aliphatic heterocycles. The maximum absolute atomic E-state index is 5.93. The Bertz CT molecular complexity index is 455. The van der Waals surface area contributed by atoms with E-state index in [0.29, 0.717) is 6.54 Å². The summed E-state index contributed by atoms with van der Waals surface area (Å²) in [6.07, 6.45) is 0. The number of hydrogen-bond donors (Lipinski definition) is 2. The molecule has 0 saturated carbocycles. The average molecular weight is 267 g/mol. The second kappa shape index (κ2) is 6.17. The molecule has 2 nitrogen and oxygen atoms in total. The van der Waals surface area contributed by atoms with Gasteiger partial charge in [0.15, 0.2) is 0 Å². The Morgan fingerprint density at radius 3 is 2.53 bits per heavy atom. The number of nitrogens with one attached hydrogen (secondary N) is 1. The van der Waals surface area contributed by atoms with Gasteiger partial charge in [-0.25, -0.2) is 0 Å². The predicted octanol–water partition coefficient (Wildman–Crippen LogP) is 3.19. The summed E-state index contributed by atoms with van der Waals surface area (Å²) in [6.45, 7) is 1.39. The summed E-state index contributed by atoms with van der Waals surface area (Å²) < 4.78 is 0.806. The highest BCUT2D eigenvalue weighted by Crippen LogP contribution is 2.26. The van der Waals surface area contributed by atoms with Crippen LogP contribution >= 0.6 is 22.9 Å². The fourth-order valence-electron chi connectivity index (χ4n) is 1.65. The zero-order valence-electron chi connectivity index (χ0n) is 9.40. The number of thiophene rings is 1. The van der Waals surface area contributed by atoms with E-state index in [0.717, 1.165) is 10.9 Å². The predicted molar refractivity (Wildman–Crippen MR) is 74.4 cm³/mol. The van der Waals surface area contributed by atoms with Gasteiger partial charge in [0.1, 0.15) is 0 Å². The topological polar surface area (TPSA) is 38.0 Å². The Balaban J connectivity index is 1.97. The number of nitrogens with two attached hydrogens (primary N) is 1. The van der Waals surface area contributed by atoms with E-state index >= 15 is 0 Å². The van der Waals surface area contributed by atoms with Gasteiger partial charge in [-0.3, -0.25) is 0 Å². The molecule has 0 bridgehead atoms. The van der Waals surface area contributed by atoms with Crippen LogP contribution in [0.15, 0.2) is 42.5 Å². The zero-order chi connectivity index (χ0) is 12.1. The minimum absolute atomic E-state index is 0.174. The molecule has 1 aromatic heterocycles. The minimum Gasteiger partial charge on any atom is -0.329 e. The van der Waals surface area contributed by atoms with Crippen molar-refractivity contribution in [1.82, 2.24) is 5.32 Å². The van der Waals surface area contributed by atoms with Gasteiger partial charge >= 0.3 is 0 Å². The molecule has 0 amide bonds. The van der Waals surface area contributed by atoms with Gasteiger partial charge < -0.3 is 11.1 Å². The largest absolute Gasteiger partial charge is 0.329 e. The van der Waals surface area contributed by atoms with Crippen LogP contribution in [0.5, 0.6) is 0 Å². The first-order valence-electron chi connectivity index (χ1n) is 5.52. The van der Waals surface area contributed by atoms with E-state index in [9.17, 15) is 0 Å². The van der Waals surface area contributed by atoms with Crippen LogP contribution in [0.4, 0.5) is 0 Å². The maximum atomic E-state index is 5.93. The monoisotopic (exact) mass is 266 g/mol. The second-order valence-corrected chi connectivity index (χ2v) is 5.54. The Hall–Kier alpha value is -0.870. The Morgan fingerprint density at radius 1 is 1.18 bits per heavy atom. The third kappa shape index (κ3) is 3.54. The molecule has 0 fully saturated rings. The summed E-state index contributed by atoms with van der Waals surface area (Å²) in [6, 6.07) is 14.4. The van der Waals surface area contributed by atoms with Crippen molar-refractivity contribution in [3.63, 3.8) is 0 Å². The number of halogens is 1. The Kier molecular flexibility index (Phi) is 4.57. The molecule has 0 radical (unpaired) electrons. The molecule has 0 saturated heterocycles. The van der Waals surface area contributed by atoms with Crippen LogP contribution in [0, 0.1) is 0 Å². The smallest absolute Gasteiger partial charge is 0.0931 e. The Labute approximate surface area is 110 Å². The van der Waals surface area contributed by atoms with Crippen LogP contribution in [-0.4, -0.2) is 6.54 Å². The van der Waals surface area contributed by atoms with E-state index in [1.165, 1.54) is 10.4 Å². The van der Waals surface area contributed by atoms with Gasteiger partial charge in [-0.05, 0) is 17.7 Å². The molecule has 90 valence electrons. The molecule has 0 spiro atoms. The van der Waals surface area contributed by atoms with E-state index in [-0.39, 0.29) is 6.04 Å². The van der Waals surface area contributed by atoms with Crippen molar-refractivity contribution < 1.29 is 0 Å². The molecule has 0 aliphatic rings. The lowest BCUT2D eigenvalue weighted by Crippen LogP contribution is -2.27. The lowest BCUT2D eigenvalue weighted by molar-refractivity contribution is 0.549. The quantitative estimate of drug-likeness (QED) is 0.872. The highest BCUT2D eigenvalue weighted by Gasteiger charge is 2.11. The third-order valence-corrected chi connectivity index (χ3v) is 3.91. The maximum Gasteiger partial charge on any atom is 0.0931 e. The number of benzene rings is 1. The van der Waals surface area contributed by atoms with Crippen molar-refractivity contribution in [2.24, 2.45) is 5.73 Å². The molecule has 2 aromatic rings. The molecular formula is C13H15ClN2S. The normalized spacial score (nSPS) is 12.6. The first-order valence-corrected chi connectivity index (χ1v) is 6.71. The lowest BCUT2D eigenvalue weighted by atomic mass is 10.2. The van der Waals surface area contributed by atoms with Gasteiger partial charge in [0.05, 0.1) is 10.4 Å². The fourth-order valence-corrected chi connectivity index (χ4v) is 2.80. The first kappa shape index (κ1) is 12.6. The number of hydrogen-bond acceptors (Lipinski definition) is 3. The molecule has 1 heterocycles. The van der Waals surface area contributed by atoms with Gasteiger partial charge in [-0.15, -0.1) is 11.3 Å². The molecule has 1 aromatic carbocycles. The molecule has 2 rings (SSSR count). The van der Waals surface area contributed by atoms with Crippen LogP contribution in [0.25, 0.3) is 0 Å². The van der Waals surface area contributed by atoms with Gasteiger partial charge in [-0.2, -0.15) is 0 Å². The van der Waals surface area contributed by atoms with Crippen LogP contribution in [-0.2, 0) is 6.54 Å².